The fraction of sp³-hybridized carbons (Fsp3) is 0.348. The van der Waals surface area contributed by atoms with Gasteiger partial charge in [0.2, 0.25) is 0 Å². The van der Waals surface area contributed by atoms with Gasteiger partial charge in [-0.15, -0.1) is 0 Å². The van der Waals surface area contributed by atoms with E-state index in [0.717, 1.165) is 35.2 Å². The Bertz CT molecular complexity index is 1010. The van der Waals surface area contributed by atoms with Crippen LogP contribution in [0.3, 0.4) is 0 Å². The summed E-state index contributed by atoms with van der Waals surface area (Å²) in [4.78, 5) is 11.6. The van der Waals surface area contributed by atoms with Gasteiger partial charge in [0.15, 0.2) is 5.11 Å². The summed E-state index contributed by atoms with van der Waals surface area (Å²) < 4.78 is 2.23. The van der Waals surface area contributed by atoms with Crippen LogP contribution in [0.2, 0.25) is 0 Å². The fourth-order valence-corrected chi connectivity index (χ4v) is 4.59. The van der Waals surface area contributed by atoms with Gasteiger partial charge in [-0.3, -0.25) is 4.98 Å². The van der Waals surface area contributed by atoms with Crippen LogP contribution in [-0.4, -0.2) is 31.1 Å². The van der Waals surface area contributed by atoms with Gasteiger partial charge in [-0.2, -0.15) is 0 Å². The van der Waals surface area contributed by atoms with Crippen LogP contribution < -0.4 is 5.32 Å². The molecule has 3 aromatic heterocycles. The first-order chi connectivity index (χ1) is 14.0. The minimum absolute atomic E-state index is 0.0233. The van der Waals surface area contributed by atoms with E-state index >= 15 is 0 Å². The third-order valence-electron chi connectivity index (χ3n) is 5.58. The Labute approximate surface area is 177 Å². The van der Waals surface area contributed by atoms with Crippen molar-refractivity contribution in [2.75, 3.05) is 6.54 Å². The van der Waals surface area contributed by atoms with E-state index in [1.54, 1.807) is 0 Å². The van der Waals surface area contributed by atoms with Crippen LogP contribution in [0.15, 0.2) is 48.8 Å². The van der Waals surface area contributed by atoms with Gasteiger partial charge in [0.25, 0.3) is 0 Å². The van der Waals surface area contributed by atoms with Gasteiger partial charge in [0.05, 0.1) is 17.8 Å². The number of aromatic nitrogens is 3. The molecule has 1 saturated heterocycles. The summed E-state index contributed by atoms with van der Waals surface area (Å²) in [5, 5.41) is 4.32. The zero-order valence-corrected chi connectivity index (χ0v) is 18.2. The number of nitrogens with zero attached hydrogens (tertiary/aromatic N) is 4. The minimum Gasteiger partial charge on any atom is -0.352 e. The highest BCUT2D eigenvalue weighted by Gasteiger charge is 2.40. The van der Waals surface area contributed by atoms with E-state index < -0.39 is 0 Å². The molecule has 0 spiro atoms. The highest BCUT2D eigenvalue weighted by Crippen LogP contribution is 2.41. The average molecular weight is 406 g/mol. The predicted molar refractivity (Wildman–Crippen MR) is 120 cm³/mol. The number of hydrogen-bond acceptors (Lipinski definition) is 3. The van der Waals surface area contributed by atoms with Crippen molar-refractivity contribution in [3.8, 4) is 5.82 Å². The molecule has 0 aliphatic carbocycles. The Kier molecular flexibility index (Phi) is 5.37. The molecule has 0 unspecified atom stereocenters. The maximum absolute atomic E-state index is 5.72. The van der Waals surface area contributed by atoms with Gasteiger partial charge in [0.1, 0.15) is 5.82 Å². The molecule has 0 radical (unpaired) electrons. The molecule has 29 heavy (non-hydrogen) atoms. The van der Waals surface area contributed by atoms with Gasteiger partial charge in [-0.25, -0.2) is 4.98 Å². The lowest BCUT2D eigenvalue weighted by atomic mass is 9.96. The van der Waals surface area contributed by atoms with Crippen molar-refractivity contribution >= 4 is 17.3 Å². The van der Waals surface area contributed by atoms with Crippen molar-refractivity contribution in [2.45, 2.75) is 46.2 Å². The molecule has 4 rings (SSSR count). The molecule has 0 amide bonds. The lowest BCUT2D eigenvalue weighted by molar-refractivity contribution is 0.316. The Morgan fingerprint density at radius 1 is 1.10 bits per heavy atom. The fourth-order valence-electron chi connectivity index (χ4n) is 4.26. The van der Waals surface area contributed by atoms with Gasteiger partial charge >= 0.3 is 0 Å². The third-order valence-corrected chi connectivity index (χ3v) is 5.93. The standard InChI is InChI=1S/C23H27N5S/c1-5-12-27-22(21(26-23(27)29)19-8-6-7-11-24-19)18-13-16(3)28(17(18)4)20-10-9-15(2)14-25-20/h6-11,13-14,21-22H,5,12H2,1-4H3,(H,26,29)/t21-,22+/m0/s1. The molecule has 2 atom stereocenters. The topological polar surface area (TPSA) is 46.0 Å². The van der Waals surface area contributed by atoms with E-state index in [4.69, 9.17) is 12.2 Å². The number of hydrogen-bond donors (Lipinski definition) is 1. The van der Waals surface area contributed by atoms with Crippen molar-refractivity contribution < 1.29 is 0 Å². The number of pyridine rings is 2. The summed E-state index contributed by atoms with van der Waals surface area (Å²) in [6.45, 7) is 9.46. The number of aryl methyl sites for hydroxylation is 2. The summed E-state index contributed by atoms with van der Waals surface area (Å²) in [6, 6.07) is 12.6. The van der Waals surface area contributed by atoms with E-state index in [9.17, 15) is 0 Å². The molecule has 150 valence electrons. The van der Waals surface area contributed by atoms with Crippen LogP contribution in [0.5, 0.6) is 0 Å². The van der Waals surface area contributed by atoms with Crippen LogP contribution in [0.1, 0.15) is 53.6 Å². The summed E-state index contributed by atoms with van der Waals surface area (Å²) in [7, 11) is 0. The lowest BCUT2D eigenvalue weighted by Gasteiger charge is -2.27. The Hall–Kier alpha value is -2.73. The number of rotatable bonds is 5. The Morgan fingerprint density at radius 2 is 1.93 bits per heavy atom. The molecule has 1 fully saturated rings. The van der Waals surface area contributed by atoms with Gasteiger partial charge in [0, 0.05) is 30.3 Å². The van der Waals surface area contributed by atoms with Gasteiger partial charge in [-0.05, 0) is 74.8 Å². The monoisotopic (exact) mass is 405 g/mol. The summed E-state index contributed by atoms with van der Waals surface area (Å²) in [6.07, 6.45) is 4.80. The largest absolute Gasteiger partial charge is 0.352 e. The normalized spacial score (nSPS) is 18.9. The molecule has 4 heterocycles. The van der Waals surface area contributed by atoms with Crippen LogP contribution >= 0.6 is 12.2 Å². The lowest BCUT2D eigenvalue weighted by Crippen LogP contribution is -2.30. The summed E-state index contributed by atoms with van der Waals surface area (Å²) in [5.41, 5.74) is 5.80. The minimum atomic E-state index is 0.0233. The van der Waals surface area contributed by atoms with Crippen molar-refractivity contribution in [1.29, 1.82) is 0 Å². The van der Waals surface area contributed by atoms with Crippen molar-refractivity contribution in [2.24, 2.45) is 0 Å². The van der Waals surface area contributed by atoms with Crippen LogP contribution in [-0.2, 0) is 0 Å². The van der Waals surface area contributed by atoms with E-state index in [-0.39, 0.29) is 12.1 Å². The average Bonchev–Trinajstić information content (AvgIpc) is 3.20. The second-order valence-electron chi connectivity index (χ2n) is 7.68. The van der Waals surface area contributed by atoms with E-state index in [1.807, 2.05) is 24.5 Å². The molecule has 0 aromatic carbocycles. The third kappa shape index (κ3) is 3.53. The van der Waals surface area contributed by atoms with Crippen LogP contribution in [0, 0.1) is 20.8 Å². The maximum atomic E-state index is 5.72. The maximum Gasteiger partial charge on any atom is 0.170 e. The number of thiocarbonyl (C=S) groups is 1. The molecule has 5 nitrogen and oxygen atoms in total. The smallest absolute Gasteiger partial charge is 0.170 e. The molecule has 1 aliphatic rings. The molecule has 0 bridgehead atoms. The Morgan fingerprint density at radius 3 is 2.59 bits per heavy atom. The molecule has 3 aromatic rings. The van der Waals surface area contributed by atoms with Crippen LogP contribution in [0.25, 0.3) is 5.82 Å². The van der Waals surface area contributed by atoms with Gasteiger partial charge < -0.3 is 14.8 Å². The van der Waals surface area contributed by atoms with E-state index in [2.05, 4.69) is 76.7 Å². The zero-order chi connectivity index (χ0) is 20.5. The first kappa shape index (κ1) is 19.6. The van der Waals surface area contributed by atoms with Crippen molar-refractivity contribution in [3.63, 3.8) is 0 Å². The summed E-state index contributed by atoms with van der Waals surface area (Å²) >= 11 is 5.72. The van der Waals surface area contributed by atoms with Crippen molar-refractivity contribution in [1.82, 2.24) is 24.8 Å². The first-order valence-electron chi connectivity index (χ1n) is 10.1. The zero-order valence-electron chi connectivity index (χ0n) is 17.4. The molecular weight excluding hydrogens is 378 g/mol. The molecule has 1 N–H and O–H groups in total. The van der Waals surface area contributed by atoms with Gasteiger partial charge in [-0.1, -0.05) is 19.1 Å². The molecule has 0 saturated carbocycles. The second kappa shape index (κ2) is 7.95. The molecular formula is C23H27N5S. The van der Waals surface area contributed by atoms with E-state index in [1.165, 1.54) is 17.0 Å². The SMILES string of the molecule is CCCN1C(=S)N[C@@H](c2ccccn2)[C@H]1c1cc(C)n(-c2ccc(C)cn2)c1C. The summed E-state index contributed by atoms with van der Waals surface area (Å²) in [5.74, 6) is 0.946. The molecule has 1 aliphatic heterocycles. The molecule has 6 heteroatoms. The highest BCUT2D eigenvalue weighted by molar-refractivity contribution is 7.80. The van der Waals surface area contributed by atoms with E-state index in [0.29, 0.717) is 0 Å². The number of nitrogens with one attached hydrogen (secondary N) is 1. The highest BCUT2D eigenvalue weighted by atomic mass is 32.1. The van der Waals surface area contributed by atoms with Crippen molar-refractivity contribution in [3.05, 3.63) is 77.0 Å². The van der Waals surface area contributed by atoms with Crippen LogP contribution in [0.4, 0.5) is 0 Å². The Balaban J connectivity index is 1.82. The quantitative estimate of drug-likeness (QED) is 0.630. The second-order valence-corrected chi connectivity index (χ2v) is 8.06. The first-order valence-corrected chi connectivity index (χ1v) is 10.5. The predicted octanol–water partition coefficient (Wildman–Crippen LogP) is 4.58.